The SMILES string of the molecule is CN1OC2(CC3(CCCCC3)Oc3ccc(-c4cccc(C#N)c4)cc32)N=C1N.CN1OC2(CC3(CCCCC3)Oc3ccc(Br)cc32)N=C1N.N#CN.N#CN=C1CC2(CCCCC2)Oc2ccc(Br)cc21.O=C1CC2(CCCCC2)Oc2ccc(Br)cc21. The predicted molar refractivity (Wildman–Crippen MR) is 354 cm³/mol. The third kappa shape index (κ3) is 13.7. The van der Waals surface area contributed by atoms with Crippen molar-refractivity contribution in [1.29, 1.82) is 15.8 Å². The molecule has 0 bridgehead atoms. The summed E-state index contributed by atoms with van der Waals surface area (Å²) in [4.78, 5) is 38.1. The van der Waals surface area contributed by atoms with Crippen LogP contribution in [0, 0.1) is 34.2 Å². The van der Waals surface area contributed by atoms with Crippen molar-refractivity contribution in [2.24, 2.45) is 32.2 Å². The molecule has 4 saturated carbocycles. The van der Waals surface area contributed by atoms with Crippen molar-refractivity contribution in [3.8, 4) is 52.6 Å². The van der Waals surface area contributed by atoms with Crippen LogP contribution < -0.4 is 36.1 Å². The molecule has 470 valence electrons. The minimum atomic E-state index is -0.868. The molecule has 90 heavy (non-hydrogen) atoms. The van der Waals surface area contributed by atoms with Gasteiger partial charge in [-0.3, -0.25) is 4.79 Å². The van der Waals surface area contributed by atoms with Gasteiger partial charge in [-0.15, -0.1) is 0 Å². The number of hydrogen-bond acceptors (Lipinski definition) is 18. The maximum atomic E-state index is 12.2. The van der Waals surface area contributed by atoms with Crippen LogP contribution in [0.5, 0.6) is 23.0 Å². The number of halogens is 3. The van der Waals surface area contributed by atoms with Crippen LogP contribution >= 0.6 is 47.8 Å². The number of carbonyl (C=O) groups is 1. The van der Waals surface area contributed by atoms with Gasteiger partial charge in [0.2, 0.25) is 29.6 Å². The number of nitriles is 3. The second-order valence-corrected chi connectivity index (χ2v) is 28.1. The van der Waals surface area contributed by atoms with Gasteiger partial charge in [0.05, 0.1) is 40.5 Å². The van der Waals surface area contributed by atoms with E-state index in [4.69, 9.17) is 55.6 Å². The number of fused-ring (bicyclic) bond motifs is 6. The molecule has 0 saturated heterocycles. The number of nitrogens with two attached hydrogens (primary N) is 3. The molecule has 0 amide bonds. The van der Waals surface area contributed by atoms with Gasteiger partial charge in [0, 0.05) is 52.3 Å². The fourth-order valence-electron chi connectivity index (χ4n) is 14.8. The maximum absolute atomic E-state index is 12.2. The van der Waals surface area contributed by atoms with E-state index in [0.717, 1.165) is 146 Å². The molecule has 0 radical (unpaired) electrons. The standard InChI is InChI=1S/C23H24N4O2.C16H20BrN3O2.C15H15BrN2O.C14H15BrO2.CH2N2/c1-27-21(25)26-23(29-27)15-22(10-3-2-4-11-22)28-20-9-8-18(13-19(20)23)17-7-5-6-16(12-17)14-24;1-20-14(18)19-16(22-20)10-15(7-3-2-4-8-15)21-13-6-5-11(17)9-12(13)16;16-11-4-5-14-12(8-11)13(18-10-17)9-15(19-14)6-2-1-3-7-15;15-10-4-5-13-11(8-10)12(16)9-14(17-13)6-2-1-3-7-14;2-1-3/h5-9,12-13H,2-4,10-11,15H2,1H3,(H2,25,26);5-6,9H,2-4,7-8,10H2,1H3,(H2,18,19);4-5,8H,1-3,6-7,9H2;4-5,8H,1-3,6-7,9H2;2H2. The second kappa shape index (κ2) is 26.9. The van der Waals surface area contributed by atoms with Gasteiger partial charge in [0.1, 0.15) is 45.4 Å². The van der Waals surface area contributed by atoms with Crippen LogP contribution in [0.2, 0.25) is 0 Å². The highest BCUT2D eigenvalue weighted by molar-refractivity contribution is 9.11. The van der Waals surface area contributed by atoms with Crippen molar-refractivity contribution in [3.63, 3.8) is 0 Å². The predicted octanol–water partition coefficient (Wildman–Crippen LogP) is 15.1. The van der Waals surface area contributed by atoms with E-state index >= 15 is 0 Å². The zero-order valence-corrected chi connectivity index (χ0v) is 55.8. The Labute approximate surface area is 552 Å². The van der Waals surface area contributed by atoms with Crippen molar-refractivity contribution < 1.29 is 33.4 Å². The number of nitrogens with zero attached hydrogens (tertiary/aromatic N) is 8. The molecule has 4 fully saturated rings. The summed E-state index contributed by atoms with van der Waals surface area (Å²) < 4.78 is 28.4. The Hall–Kier alpha value is -7.19. The van der Waals surface area contributed by atoms with Gasteiger partial charge >= 0.3 is 0 Å². The fourth-order valence-corrected chi connectivity index (χ4v) is 15.9. The fraction of sp³-hybridized carbons (Fsp3) is 0.464. The Bertz CT molecular complexity index is 3740. The van der Waals surface area contributed by atoms with Crippen molar-refractivity contribution in [3.05, 3.63) is 138 Å². The lowest BCUT2D eigenvalue weighted by molar-refractivity contribution is -0.207. The van der Waals surface area contributed by atoms with E-state index in [2.05, 4.69) is 75.6 Å². The van der Waals surface area contributed by atoms with Crippen molar-refractivity contribution in [2.45, 2.75) is 188 Å². The molecule has 6 N–H and O–H groups in total. The molecule has 15 rings (SSSR count). The number of benzene rings is 5. The van der Waals surface area contributed by atoms with Crippen LogP contribution in [-0.2, 0) is 21.1 Å². The molecule has 6 heterocycles. The molecule has 10 aliphatic rings. The number of ketones is 1. The van der Waals surface area contributed by atoms with E-state index in [1.807, 2.05) is 91.1 Å². The molecule has 6 aliphatic heterocycles. The Morgan fingerprint density at radius 2 is 0.922 bits per heavy atom. The van der Waals surface area contributed by atoms with E-state index < -0.39 is 11.4 Å². The Morgan fingerprint density at radius 1 is 0.511 bits per heavy atom. The van der Waals surface area contributed by atoms with Crippen molar-refractivity contribution in [1.82, 2.24) is 10.1 Å². The molecule has 2 atom stereocenters. The van der Waals surface area contributed by atoms with Gasteiger partial charge in [-0.05, 0) is 193 Å². The first-order valence-corrected chi connectivity index (χ1v) is 33.7. The second-order valence-electron chi connectivity index (χ2n) is 25.3. The largest absolute Gasteiger partial charge is 0.487 e. The van der Waals surface area contributed by atoms with Crippen LogP contribution in [0.1, 0.15) is 187 Å². The molecule has 5 aromatic rings. The van der Waals surface area contributed by atoms with Gasteiger partial charge in [-0.25, -0.2) is 29.8 Å². The summed E-state index contributed by atoms with van der Waals surface area (Å²) in [6, 6.07) is 33.6. The molecule has 2 unspecified atom stereocenters. The number of Topliss-reactive ketones (excluding diaryl/α,β-unsaturated/α-hetero) is 1. The molecular weight excluding hydrogens is 1330 g/mol. The minimum Gasteiger partial charge on any atom is -0.487 e. The number of aliphatic imine (C=N–C) groups is 3. The number of guanidine groups is 2. The van der Waals surface area contributed by atoms with Gasteiger partial charge in [-0.2, -0.15) is 20.8 Å². The van der Waals surface area contributed by atoms with Crippen LogP contribution in [-0.4, -0.2) is 70.0 Å². The highest BCUT2D eigenvalue weighted by atomic mass is 79.9. The first kappa shape index (κ1) is 64.3. The highest BCUT2D eigenvalue weighted by Crippen LogP contribution is 2.56. The number of rotatable bonds is 1. The van der Waals surface area contributed by atoms with Gasteiger partial charge in [0.25, 0.3) is 0 Å². The summed E-state index contributed by atoms with van der Waals surface area (Å²) in [5, 5.41) is 28.4. The summed E-state index contributed by atoms with van der Waals surface area (Å²) >= 11 is 10.4. The van der Waals surface area contributed by atoms with E-state index in [1.165, 1.54) is 70.4 Å². The summed E-state index contributed by atoms with van der Waals surface area (Å²) in [6.07, 6.45) is 28.6. The lowest BCUT2D eigenvalue weighted by Crippen LogP contribution is -2.49. The van der Waals surface area contributed by atoms with Gasteiger partial charge in [-0.1, -0.05) is 91.7 Å². The van der Waals surface area contributed by atoms with E-state index in [-0.39, 0.29) is 28.2 Å². The number of ether oxygens (including phenoxy) is 4. The Kier molecular flexibility index (Phi) is 19.3. The van der Waals surface area contributed by atoms with Crippen LogP contribution in [0.15, 0.2) is 125 Å². The van der Waals surface area contributed by atoms with Crippen molar-refractivity contribution in [2.75, 3.05) is 14.1 Å². The zero-order chi connectivity index (χ0) is 63.3. The zero-order valence-electron chi connectivity index (χ0n) is 51.0. The molecular formula is C69H76Br3N11O7. The normalized spacial score (nSPS) is 24.2. The third-order valence-electron chi connectivity index (χ3n) is 19.0. The molecule has 21 heteroatoms. The lowest BCUT2D eigenvalue weighted by Gasteiger charge is -2.47. The molecule has 0 aromatic heterocycles. The first-order valence-electron chi connectivity index (χ1n) is 31.3. The van der Waals surface area contributed by atoms with Crippen LogP contribution in [0.4, 0.5) is 0 Å². The Balaban J connectivity index is 0.000000124. The Morgan fingerprint density at radius 3 is 1.40 bits per heavy atom. The van der Waals surface area contributed by atoms with Gasteiger partial charge in [0.15, 0.2) is 12.0 Å². The first-order chi connectivity index (χ1) is 43.4. The molecule has 5 aromatic carbocycles. The topological polar surface area (TPSA) is 265 Å². The summed E-state index contributed by atoms with van der Waals surface area (Å²) in [7, 11) is 3.59. The van der Waals surface area contributed by atoms with Gasteiger partial charge < -0.3 is 36.1 Å². The smallest absolute Gasteiger partial charge is 0.222 e. The molecule has 4 aliphatic carbocycles. The summed E-state index contributed by atoms with van der Waals surface area (Å²) in [5.41, 5.74) is 20.9. The number of hydroxylamine groups is 4. The maximum Gasteiger partial charge on any atom is 0.222 e. The van der Waals surface area contributed by atoms with E-state index in [0.29, 0.717) is 36.7 Å². The average Bonchev–Trinajstić information content (AvgIpc) is 1.46. The molecule has 6 spiro atoms. The number of hydrogen-bond donors (Lipinski definition) is 3. The lowest BCUT2D eigenvalue weighted by atomic mass is 9.75. The highest BCUT2D eigenvalue weighted by Gasteiger charge is 2.56. The van der Waals surface area contributed by atoms with E-state index in [1.54, 1.807) is 30.3 Å². The van der Waals surface area contributed by atoms with Crippen molar-refractivity contribution >= 4 is 71.2 Å². The number of carbonyl (C=O) groups excluding carboxylic acids is 1. The van der Waals surface area contributed by atoms with Crippen LogP contribution in [0.25, 0.3) is 11.1 Å². The molecule has 18 nitrogen and oxygen atoms in total. The third-order valence-corrected chi connectivity index (χ3v) is 20.5. The van der Waals surface area contributed by atoms with E-state index in [9.17, 15) is 10.1 Å². The summed E-state index contributed by atoms with van der Waals surface area (Å²) in [6.45, 7) is 0. The average molecular weight is 1410 g/mol. The van der Waals surface area contributed by atoms with Crippen LogP contribution in [0.3, 0.4) is 0 Å². The minimum absolute atomic E-state index is 0.130. The monoisotopic (exact) mass is 1410 g/mol. The summed E-state index contributed by atoms with van der Waals surface area (Å²) in [5.74, 6) is 4.33. The quantitative estimate of drug-likeness (QED) is 0.104.